The van der Waals surface area contributed by atoms with E-state index in [0.29, 0.717) is 32.9 Å². The third-order valence-corrected chi connectivity index (χ3v) is 7.57. The van der Waals surface area contributed by atoms with Gasteiger partial charge in [-0.05, 0) is 54.6 Å². The van der Waals surface area contributed by atoms with E-state index >= 15 is 0 Å². The molecule has 1 N–H and O–H groups in total. The zero-order chi connectivity index (χ0) is 25.8. The van der Waals surface area contributed by atoms with Gasteiger partial charge in [0, 0.05) is 22.9 Å². The lowest BCUT2D eigenvalue weighted by Gasteiger charge is -2.29. The maximum absolute atomic E-state index is 13.7. The first-order chi connectivity index (χ1) is 17.0. The van der Waals surface area contributed by atoms with Crippen LogP contribution in [-0.4, -0.2) is 33.6 Å². The van der Waals surface area contributed by atoms with Crippen molar-refractivity contribution in [2.45, 2.75) is 31.9 Å². The van der Waals surface area contributed by atoms with Crippen molar-refractivity contribution < 1.29 is 22.8 Å². The first kappa shape index (κ1) is 24.3. The number of anilines is 1. The summed E-state index contributed by atoms with van der Waals surface area (Å²) >= 11 is 7.37. The Bertz CT molecular complexity index is 1460. The van der Waals surface area contributed by atoms with E-state index in [1.54, 1.807) is 60.3 Å². The van der Waals surface area contributed by atoms with Crippen LogP contribution < -0.4 is 10.2 Å². The lowest BCUT2D eigenvalue weighted by molar-refractivity contribution is -0.144. The summed E-state index contributed by atoms with van der Waals surface area (Å²) in [5, 5.41) is 7.50. The number of fused-ring (bicyclic) bond motifs is 1. The highest BCUT2D eigenvalue weighted by Crippen LogP contribution is 2.44. The lowest BCUT2D eigenvalue weighted by Crippen LogP contribution is -2.47. The Morgan fingerprint density at radius 2 is 1.81 bits per heavy atom. The van der Waals surface area contributed by atoms with Crippen LogP contribution in [0.3, 0.4) is 0 Å². The van der Waals surface area contributed by atoms with Gasteiger partial charge >= 0.3 is 5.92 Å². The van der Waals surface area contributed by atoms with Gasteiger partial charge in [0.2, 0.25) is 5.91 Å². The molecule has 1 aliphatic heterocycles. The molecular weight excluding hydrogens is 513 g/mol. The molecule has 6 nitrogen and oxygen atoms in total. The van der Waals surface area contributed by atoms with Gasteiger partial charge in [-0.25, -0.2) is 9.07 Å². The van der Waals surface area contributed by atoms with Gasteiger partial charge in [-0.2, -0.15) is 13.9 Å². The second-order valence-electron chi connectivity index (χ2n) is 8.75. The molecule has 1 saturated heterocycles. The molecule has 3 heterocycles. The Kier molecular flexibility index (Phi) is 6.04. The summed E-state index contributed by atoms with van der Waals surface area (Å²) in [5.41, 5.74) is 1.92. The number of halogens is 4. The molecule has 36 heavy (non-hydrogen) atoms. The standard InChI is InChI=1S/C25H20ClF3N4O2S/c1-13-21(31-24(35)25(2,28)29)22(19-9-10-20(26)36-19)32(23(13)34)17-7-8-18-14(11-17)12-30-33(18)16-5-3-15(27)4-6-16/h3-13,21-22H,1-2H3,(H,31,35)/t13-,21?,22-/m1/s1. The van der Waals surface area contributed by atoms with Gasteiger partial charge in [0.1, 0.15) is 5.82 Å². The third-order valence-electron chi connectivity index (χ3n) is 6.27. The van der Waals surface area contributed by atoms with Crippen molar-refractivity contribution >= 4 is 51.3 Å². The molecule has 186 valence electrons. The number of carbonyl (C=O) groups excluding carboxylic acids is 2. The van der Waals surface area contributed by atoms with Crippen LogP contribution in [-0.2, 0) is 9.59 Å². The zero-order valence-corrected chi connectivity index (χ0v) is 20.7. The van der Waals surface area contributed by atoms with Gasteiger partial charge in [0.25, 0.3) is 5.91 Å². The zero-order valence-electron chi connectivity index (χ0n) is 19.1. The van der Waals surface area contributed by atoms with Gasteiger partial charge in [0.15, 0.2) is 0 Å². The minimum atomic E-state index is -3.60. The first-order valence-electron chi connectivity index (χ1n) is 11.1. The number of nitrogens with one attached hydrogen (secondary N) is 1. The summed E-state index contributed by atoms with van der Waals surface area (Å²) < 4.78 is 42.9. The number of carbonyl (C=O) groups is 2. The molecule has 2 amide bonds. The van der Waals surface area contributed by atoms with Crippen molar-refractivity contribution in [2.24, 2.45) is 5.92 Å². The maximum atomic E-state index is 13.7. The number of rotatable bonds is 5. The Morgan fingerprint density at radius 3 is 2.44 bits per heavy atom. The predicted octanol–water partition coefficient (Wildman–Crippen LogP) is 5.74. The smallest absolute Gasteiger partial charge is 0.321 e. The predicted molar refractivity (Wildman–Crippen MR) is 132 cm³/mol. The third kappa shape index (κ3) is 4.24. The Morgan fingerprint density at radius 1 is 1.11 bits per heavy atom. The molecule has 1 unspecified atom stereocenters. The van der Waals surface area contributed by atoms with Crippen LogP contribution in [0.4, 0.5) is 18.9 Å². The van der Waals surface area contributed by atoms with E-state index < -0.39 is 29.8 Å². The van der Waals surface area contributed by atoms with Crippen molar-refractivity contribution in [3.8, 4) is 5.69 Å². The fourth-order valence-electron chi connectivity index (χ4n) is 4.46. The van der Waals surface area contributed by atoms with Crippen molar-refractivity contribution in [1.82, 2.24) is 15.1 Å². The topological polar surface area (TPSA) is 67.2 Å². The van der Waals surface area contributed by atoms with Crippen LogP contribution >= 0.6 is 22.9 Å². The van der Waals surface area contributed by atoms with E-state index in [9.17, 15) is 22.8 Å². The van der Waals surface area contributed by atoms with Crippen molar-refractivity contribution in [3.05, 3.63) is 75.8 Å². The molecule has 1 aliphatic rings. The highest BCUT2D eigenvalue weighted by Gasteiger charge is 2.50. The molecule has 0 aliphatic carbocycles. The fraction of sp³-hybridized carbons (Fsp3) is 0.240. The van der Waals surface area contributed by atoms with E-state index in [1.165, 1.54) is 28.4 Å². The average molecular weight is 533 g/mol. The number of thiophene rings is 1. The molecule has 3 atom stereocenters. The molecule has 0 saturated carbocycles. The van der Waals surface area contributed by atoms with Crippen LogP contribution in [0.15, 0.2) is 60.8 Å². The molecule has 0 radical (unpaired) electrons. The lowest BCUT2D eigenvalue weighted by atomic mass is 9.98. The Hall–Kier alpha value is -3.37. The summed E-state index contributed by atoms with van der Waals surface area (Å²) in [6.45, 7) is 2.12. The Balaban J connectivity index is 1.56. The summed E-state index contributed by atoms with van der Waals surface area (Å²) in [6.07, 6.45) is 1.63. The number of hydrogen-bond donors (Lipinski definition) is 1. The Labute approximate surface area is 213 Å². The maximum Gasteiger partial charge on any atom is 0.321 e. The van der Waals surface area contributed by atoms with Gasteiger partial charge in [-0.1, -0.05) is 18.5 Å². The second-order valence-corrected chi connectivity index (χ2v) is 10.5. The summed E-state index contributed by atoms with van der Waals surface area (Å²) in [5.74, 6) is -6.49. The van der Waals surface area contributed by atoms with Crippen LogP contribution in [0.1, 0.15) is 24.8 Å². The van der Waals surface area contributed by atoms with Crippen LogP contribution in [0.25, 0.3) is 16.6 Å². The quantitative estimate of drug-likeness (QED) is 0.356. The summed E-state index contributed by atoms with van der Waals surface area (Å²) in [7, 11) is 0. The molecule has 2 aromatic heterocycles. The number of benzene rings is 2. The van der Waals surface area contributed by atoms with Crippen LogP contribution in [0.5, 0.6) is 0 Å². The number of hydrogen-bond acceptors (Lipinski definition) is 4. The van der Waals surface area contributed by atoms with E-state index in [4.69, 9.17) is 11.6 Å². The van der Waals surface area contributed by atoms with Gasteiger partial charge < -0.3 is 10.2 Å². The largest absolute Gasteiger partial charge is 0.345 e. The van der Waals surface area contributed by atoms with Crippen LogP contribution in [0, 0.1) is 11.7 Å². The molecular formula is C25H20ClF3N4O2S. The molecule has 0 bridgehead atoms. The molecule has 5 rings (SSSR count). The summed E-state index contributed by atoms with van der Waals surface area (Å²) in [6, 6.07) is 12.9. The van der Waals surface area contributed by atoms with Gasteiger partial charge in [-0.3, -0.25) is 9.59 Å². The van der Waals surface area contributed by atoms with Crippen LogP contribution in [0.2, 0.25) is 4.34 Å². The first-order valence-corrected chi connectivity index (χ1v) is 12.2. The SMILES string of the molecule is C[C@H]1C(=O)N(c2ccc3c(cnn3-c3ccc(F)cc3)c2)[C@H](c2ccc(Cl)s2)C1NC(=O)C(C)(F)F. The molecule has 2 aromatic carbocycles. The highest BCUT2D eigenvalue weighted by atomic mass is 35.5. The second kappa shape index (κ2) is 8.94. The number of amides is 2. The van der Waals surface area contributed by atoms with E-state index in [1.807, 2.05) is 0 Å². The highest BCUT2D eigenvalue weighted by molar-refractivity contribution is 7.16. The molecule has 4 aromatic rings. The molecule has 11 heteroatoms. The van der Waals surface area contributed by atoms with Crippen molar-refractivity contribution in [2.75, 3.05) is 4.90 Å². The molecule has 1 fully saturated rings. The van der Waals surface area contributed by atoms with Crippen molar-refractivity contribution in [3.63, 3.8) is 0 Å². The number of alkyl halides is 2. The van der Waals surface area contributed by atoms with E-state index in [2.05, 4.69) is 10.4 Å². The van der Waals surface area contributed by atoms with Gasteiger partial charge in [0.05, 0.1) is 39.7 Å². The normalized spacial score (nSPS) is 20.3. The fourth-order valence-corrected chi connectivity index (χ4v) is 5.66. The van der Waals surface area contributed by atoms with E-state index in [-0.39, 0.29) is 11.7 Å². The number of aromatic nitrogens is 2. The monoisotopic (exact) mass is 532 g/mol. The minimum absolute atomic E-state index is 0.320. The van der Waals surface area contributed by atoms with E-state index in [0.717, 1.165) is 5.52 Å². The minimum Gasteiger partial charge on any atom is -0.345 e. The van der Waals surface area contributed by atoms with Gasteiger partial charge in [-0.15, -0.1) is 11.3 Å². The number of nitrogens with zero attached hydrogens (tertiary/aromatic N) is 3. The van der Waals surface area contributed by atoms with Crippen molar-refractivity contribution in [1.29, 1.82) is 0 Å². The average Bonchev–Trinajstić information content (AvgIpc) is 3.51. The molecule has 0 spiro atoms. The summed E-state index contributed by atoms with van der Waals surface area (Å²) in [4.78, 5) is 27.8.